The smallest absolute Gasteiger partial charge is 0.231 e. The molecule has 18 heavy (non-hydrogen) atoms. The predicted octanol–water partition coefficient (Wildman–Crippen LogP) is 2.75. The second-order valence-corrected chi connectivity index (χ2v) is 5.61. The number of aryl methyl sites for hydroxylation is 1. The van der Waals surface area contributed by atoms with Gasteiger partial charge in [-0.15, -0.1) is 23.1 Å². The highest BCUT2D eigenvalue weighted by atomic mass is 32.2. The first-order chi connectivity index (χ1) is 8.67. The number of thiazole rings is 1. The van der Waals surface area contributed by atoms with Crippen molar-refractivity contribution in [2.24, 2.45) is 0 Å². The lowest BCUT2D eigenvalue weighted by Crippen LogP contribution is -2.15. The Balaban J connectivity index is 1.94. The summed E-state index contributed by atoms with van der Waals surface area (Å²) in [5, 5.41) is 5.63. The van der Waals surface area contributed by atoms with Gasteiger partial charge in [-0.25, -0.2) is 9.97 Å². The SMILES string of the molecule is CSc1ccc(NC(=O)Cc2csc(C)n2)nc1. The van der Waals surface area contributed by atoms with E-state index in [4.69, 9.17) is 0 Å². The first-order valence-electron chi connectivity index (χ1n) is 5.38. The molecular formula is C12H13N3OS2. The average Bonchev–Trinajstić information content (AvgIpc) is 2.75. The summed E-state index contributed by atoms with van der Waals surface area (Å²) in [6.07, 6.45) is 4.02. The van der Waals surface area contributed by atoms with Gasteiger partial charge in [-0.1, -0.05) is 0 Å². The third-order valence-corrected chi connectivity index (χ3v) is 3.78. The number of anilines is 1. The number of amides is 1. The molecule has 0 atom stereocenters. The van der Waals surface area contributed by atoms with Crippen LogP contribution in [-0.2, 0) is 11.2 Å². The summed E-state index contributed by atoms with van der Waals surface area (Å²) in [6, 6.07) is 3.73. The van der Waals surface area contributed by atoms with Gasteiger partial charge in [0.2, 0.25) is 5.91 Å². The fraction of sp³-hybridized carbons (Fsp3) is 0.250. The van der Waals surface area contributed by atoms with Gasteiger partial charge in [0.05, 0.1) is 17.1 Å². The molecule has 0 saturated heterocycles. The quantitative estimate of drug-likeness (QED) is 0.874. The number of hydrogen-bond donors (Lipinski definition) is 1. The average molecular weight is 279 g/mol. The number of nitrogens with zero attached hydrogens (tertiary/aromatic N) is 2. The molecule has 1 N–H and O–H groups in total. The molecule has 4 nitrogen and oxygen atoms in total. The number of aromatic nitrogens is 2. The lowest BCUT2D eigenvalue weighted by atomic mass is 10.3. The highest BCUT2D eigenvalue weighted by Gasteiger charge is 2.07. The van der Waals surface area contributed by atoms with Crippen LogP contribution in [-0.4, -0.2) is 22.1 Å². The Hall–Kier alpha value is -1.40. The first kappa shape index (κ1) is 13.0. The lowest BCUT2D eigenvalue weighted by molar-refractivity contribution is -0.115. The molecule has 2 rings (SSSR count). The summed E-state index contributed by atoms with van der Waals surface area (Å²) in [7, 11) is 0. The van der Waals surface area contributed by atoms with E-state index in [-0.39, 0.29) is 12.3 Å². The molecule has 0 radical (unpaired) electrons. The van der Waals surface area contributed by atoms with Crippen LogP contribution in [0.2, 0.25) is 0 Å². The second kappa shape index (κ2) is 5.97. The topological polar surface area (TPSA) is 54.9 Å². The van der Waals surface area contributed by atoms with Crippen molar-refractivity contribution in [2.75, 3.05) is 11.6 Å². The van der Waals surface area contributed by atoms with Gasteiger partial charge in [0.15, 0.2) is 0 Å². The predicted molar refractivity (Wildman–Crippen MR) is 75.2 cm³/mol. The summed E-state index contributed by atoms with van der Waals surface area (Å²) >= 11 is 3.17. The standard InChI is InChI=1S/C12H13N3OS2/c1-8-14-9(7-18-8)5-12(16)15-11-4-3-10(17-2)6-13-11/h3-4,6-7H,5H2,1-2H3,(H,13,15,16). The highest BCUT2D eigenvalue weighted by molar-refractivity contribution is 7.98. The van der Waals surface area contributed by atoms with Crippen LogP contribution in [0.1, 0.15) is 10.7 Å². The molecular weight excluding hydrogens is 266 g/mol. The van der Waals surface area contributed by atoms with E-state index in [0.29, 0.717) is 5.82 Å². The van der Waals surface area contributed by atoms with Crippen LogP contribution in [0.25, 0.3) is 0 Å². The minimum absolute atomic E-state index is 0.0929. The molecule has 0 aromatic carbocycles. The summed E-state index contributed by atoms with van der Waals surface area (Å²) in [5.74, 6) is 0.481. The molecule has 0 fully saturated rings. The third kappa shape index (κ3) is 3.54. The minimum Gasteiger partial charge on any atom is -0.310 e. The molecule has 0 aliphatic rings. The summed E-state index contributed by atoms with van der Waals surface area (Å²) in [4.78, 5) is 21.2. The van der Waals surface area contributed by atoms with Crippen molar-refractivity contribution in [1.29, 1.82) is 0 Å². The minimum atomic E-state index is -0.0929. The summed E-state index contributed by atoms with van der Waals surface area (Å²) in [6.45, 7) is 1.93. The Bertz CT molecular complexity index is 537. The molecule has 2 aromatic heterocycles. The Labute approximate surface area is 114 Å². The van der Waals surface area contributed by atoms with E-state index in [1.54, 1.807) is 35.4 Å². The maximum Gasteiger partial charge on any atom is 0.231 e. The molecule has 2 aromatic rings. The first-order valence-corrected chi connectivity index (χ1v) is 7.48. The van der Waals surface area contributed by atoms with Gasteiger partial charge < -0.3 is 5.32 Å². The largest absolute Gasteiger partial charge is 0.310 e. The molecule has 0 unspecified atom stereocenters. The van der Waals surface area contributed by atoms with E-state index in [9.17, 15) is 4.79 Å². The summed E-state index contributed by atoms with van der Waals surface area (Å²) in [5.41, 5.74) is 0.802. The Morgan fingerprint density at radius 2 is 2.33 bits per heavy atom. The molecule has 0 bridgehead atoms. The maximum absolute atomic E-state index is 11.8. The van der Waals surface area contributed by atoms with Crippen LogP contribution < -0.4 is 5.32 Å². The van der Waals surface area contributed by atoms with Crippen molar-refractivity contribution < 1.29 is 4.79 Å². The van der Waals surface area contributed by atoms with Crippen LogP contribution in [0.4, 0.5) is 5.82 Å². The molecule has 6 heteroatoms. The third-order valence-electron chi connectivity index (χ3n) is 2.25. The fourth-order valence-corrected chi connectivity index (χ4v) is 2.39. The van der Waals surface area contributed by atoms with Gasteiger partial charge in [0, 0.05) is 16.5 Å². The van der Waals surface area contributed by atoms with E-state index in [0.717, 1.165) is 15.6 Å². The molecule has 94 valence electrons. The monoisotopic (exact) mass is 279 g/mol. The highest BCUT2D eigenvalue weighted by Crippen LogP contribution is 2.15. The number of rotatable bonds is 4. The molecule has 0 spiro atoms. The van der Waals surface area contributed by atoms with Gasteiger partial charge in [-0.2, -0.15) is 0 Å². The Kier molecular flexibility index (Phi) is 4.33. The van der Waals surface area contributed by atoms with Crippen LogP contribution in [0.3, 0.4) is 0 Å². The Morgan fingerprint density at radius 3 is 2.89 bits per heavy atom. The van der Waals surface area contributed by atoms with Gasteiger partial charge >= 0.3 is 0 Å². The summed E-state index contributed by atoms with van der Waals surface area (Å²) < 4.78 is 0. The normalized spacial score (nSPS) is 10.3. The van der Waals surface area contributed by atoms with E-state index in [2.05, 4.69) is 15.3 Å². The zero-order chi connectivity index (χ0) is 13.0. The van der Waals surface area contributed by atoms with Gasteiger partial charge in [-0.3, -0.25) is 4.79 Å². The van der Waals surface area contributed by atoms with Gasteiger partial charge in [0.25, 0.3) is 0 Å². The van der Waals surface area contributed by atoms with Crippen LogP contribution in [0.5, 0.6) is 0 Å². The van der Waals surface area contributed by atoms with Crippen LogP contribution in [0, 0.1) is 6.92 Å². The van der Waals surface area contributed by atoms with Crippen molar-refractivity contribution in [3.8, 4) is 0 Å². The fourth-order valence-electron chi connectivity index (χ4n) is 1.42. The zero-order valence-electron chi connectivity index (χ0n) is 10.1. The maximum atomic E-state index is 11.8. The van der Waals surface area contributed by atoms with Crippen molar-refractivity contribution in [2.45, 2.75) is 18.2 Å². The number of pyridine rings is 1. The molecule has 0 saturated carbocycles. The second-order valence-electron chi connectivity index (χ2n) is 3.67. The molecule has 1 amide bonds. The number of hydrogen-bond acceptors (Lipinski definition) is 5. The molecule has 0 aliphatic carbocycles. The van der Waals surface area contributed by atoms with Gasteiger partial charge in [-0.05, 0) is 25.3 Å². The van der Waals surface area contributed by atoms with Crippen molar-refractivity contribution in [1.82, 2.24) is 9.97 Å². The van der Waals surface area contributed by atoms with E-state index in [1.165, 1.54) is 0 Å². The number of carbonyl (C=O) groups is 1. The van der Waals surface area contributed by atoms with E-state index >= 15 is 0 Å². The van der Waals surface area contributed by atoms with Crippen molar-refractivity contribution in [3.63, 3.8) is 0 Å². The number of carbonyl (C=O) groups excluding carboxylic acids is 1. The zero-order valence-corrected chi connectivity index (χ0v) is 11.8. The van der Waals surface area contributed by atoms with Crippen LogP contribution in [0.15, 0.2) is 28.6 Å². The molecule has 2 heterocycles. The number of nitrogens with one attached hydrogen (secondary N) is 1. The van der Waals surface area contributed by atoms with Crippen LogP contribution >= 0.6 is 23.1 Å². The number of thioether (sulfide) groups is 1. The van der Waals surface area contributed by atoms with Crippen molar-refractivity contribution in [3.05, 3.63) is 34.4 Å². The van der Waals surface area contributed by atoms with E-state index < -0.39 is 0 Å². The Morgan fingerprint density at radius 1 is 1.50 bits per heavy atom. The van der Waals surface area contributed by atoms with Crippen molar-refractivity contribution >= 4 is 34.8 Å². The van der Waals surface area contributed by atoms with Gasteiger partial charge in [0.1, 0.15) is 5.82 Å². The lowest BCUT2D eigenvalue weighted by Gasteiger charge is -2.03. The molecule has 0 aliphatic heterocycles. The van der Waals surface area contributed by atoms with E-state index in [1.807, 2.05) is 24.6 Å².